The second-order valence-corrected chi connectivity index (χ2v) is 6.34. The van der Waals surface area contributed by atoms with Crippen LogP contribution in [-0.4, -0.2) is 62.2 Å². The predicted octanol–water partition coefficient (Wildman–Crippen LogP) is 0.0271. The highest BCUT2D eigenvalue weighted by atomic mass is 16.6. The van der Waals surface area contributed by atoms with Crippen LogP contribution in [0.4, 0.5) is 4.79 Å². The van der Waals surface area contributed by atoms with Gasteiger partial charge in [0.25, 0.3) is 0 Å². The molecule has 4 atom stereocenters. The number of β-amino-alcohol motifs (C(OH)–C–C–N with tert-alkyl or cyclic N) is 1. The molecule has 4 N–H and O–H groups in total. The van der Waals surface area contributed by atoms with Crippen LogP contribution in [0.2, 0.25) is 0 Å². The van der Waals surface area contributed by atoms with Crippen LogP contribution in [0.3, 0.4) is 0 Å². The minimum Gasteiger partial charge on any atom is -0.497 e. The first-order valence-electron chi connectivity index (χ1n) is 8.38. The van der Waals surface area contributed by atoms with E-state index in [2.05, 4.69) is 16.0 Å². The molecule has 2 aliphatic heterocycles. The summed E-state index contributed by atoms with van der Waals surface area (Å²) in [5, 5.41) is 19.4. The fourth-order valence-electron chi connectivity index (χ4n) is 3.24. The number of aliphatic hydroxyl groups excluding tert-OH is 1. The lowest BCUT2D eigenvalue weighted by atomic mass is 10.0. The summed E-state index contributed by atoms with van der Waals surface area (Å²) in [5.41, 5.74) is 1.09. The average molecular weight is 335 g/mol. The van der Waals surface area contributed by atoms with Gasteiger partial charge in [-0.3, -0.25) is 0 Å². The smallest absolute Gasteiger partial charge is 0.407 e. The summed E-state index contributed by atoms with van der Waals surface area (Å²) in [6.07, 6.45) is -0.141. The SMILES string of the molecule is COc1ccc(C[C@H]2NC[C@H](O)[C@H]2OC(=O)N[C@H]2CCNC2)cc1. The molecule has 0 spiro atoms. The van der Waals surface area contributed by atoms with E-state index in [0.717, 1.165) is 30.8 Å². The van der Waals surface area contributed by atoms with Crippen molar-refractivity contribution in [2.24, 2.45) is 0 Å². The summed E-state index contributed by atoms with van der Waals surface area (Å²) in [5.74, 6) is 0.801. The number of alkyl carbamates (subject to hydrolysis) is 1. The number of nitrogens with one attached hydrogen (secondary N) is 3. The molecule has 1 aromatic rings. The zero-order valence-electron chi connectivity index (χ0n) is 13.8. The van der Waals surface area contributed by atoms with Crippen LogP contribution in [0.25, 0.3) is 0 Å². The van der Waals surface area contributed by atoms with Gasteiger partial charge in [-0.25, -0.2) is 4.79 Å². The number of methoxy groups -OCH3 is 1. The number of carbonyl (C=O) groups excluding carboxylic acids is 1. The Morgan fingerprint density at radius 3 is 2.79 bits per heavy atom. The molecule has 0 radical (unpaired) electrons. The normalized spacial score (nSPS) is 29.4. The van der Waals surface area contributed by atoms with Gasteiger partial charge in [0.1, 0.15) is 18.0 Å². The number of aliphatic hydroxyl groups is 1. The maximum atomic E-state index is 12.1. The predicted molar refractivity (Wildman–Crippen MR) is 89.2 cm³/mol. The quantitative estimate of drug-likeness (QED) is 0.607. The number of benzene rings is 1. The number of rotatable bonds is 5. The fourth-order valence-corrected chi connectivity index (χ4v) is 3.24. The Balaban J connectivity index is 1.56. The van der Waals surface area contributed by atoms with Crippen molar-refractivity contribution in [2.45, 2.75) is 37.1 Å². The Kier molecular flexibility index (Phi) is 5.55. The molecule has 7 heteroatoms. The summed E-state index contributed by atoms with van der Waals surface area (Å²) in [7, 11) is 1.63. The van der Waals surface area contributed by atoms with E-state index in [4.69, 9.17) is 9.47 Å². The molecular formula is C17H25N3O4. The highest BCUT2D eigenvalue weighted by Crippen LogP contribution is 2.19. The Labute approximate surface area is 141 Å². The highest BCUT2D eigenvalue weighted by Gasteiger charge is 2.38. The van der Waals surface area contributed by atoms with E-state index in [1.54, 1.807) is 7.11 Å². The van der Waals surface area contributed by atoms with E-state index in [0.29, 0.717) is 13.0 Å². The average Bonchev–Trinajstić information content (AvgIpc) is 3.20. The van der Waals surface area contributed by atoms with E-state index in [1.807, 2.05) is 24.3 Å². The van der Waals surface area contributed by atoms with Gasteiger partial charge in [0.2, 0.25) is 0 Å². The van der Waals surface area contributed by atoms with Crippen LogP contribution >= 0.6 is 0 Å². The molecule has 1 amide bonds. The maximum absolute atomic E-state index is 12.1. The van der Waals surface area contributed by atoms with E-state index >= 15 is 0 Å². The molecule has 2 heterocycles. The van der Waals surface area contributed by atoms with Crippen molar-refractivity contribution in [3.8, 4) is 5.75 Å². The summed E-state index contributed by atoms with van der Waals surface area (Å²) < 4.78 is 10.7. The van der Waals surface area contributed by atoms with Crippen molar-refractivity contribution in [1.29, 1.82) is 0 Å². The lowest BCUT2D eigenvalue weighted by Gasteiger charge is -2.23. The first-order valence-corrected chi connectivity index (χ1v) is 8.38. The van der Waals surface area contributed by atoms with Crippen molar-refractivity contribution in [1.82, 2.24) is 16.0 Å². The van der Waals surface area contributed by atoms with Gasteiger partial charge in [-0.05, 0) is 37.1 Å². The van der Waals surface area contributed by atoms with Crippen LogP contribution < -0.4 is 20.7 Å². The van der Waals surface area contributed by atoms with Gasteiger partial charge in [-0.1, -0.05) is 12.1 Å². The Morgan fingerprint density at radius 1 is 1.33 bits per heavy atom. The molecule has 132 valence electrons. The molecule has 0 aliphatic carbocycles. The second kappa shape index (κ2) is 7.83. The standard InChI is InChI=1S/C17H25N3O4/c1-23-13-4-2-11(3-5-13)8-14-16(15(21)10-19-14)24-17(22)20-12-6-7-18-9-12/h2-5,12,14-16,18-19,21H,6-10H2,1H3,(H,20,22)/t12-,14+,15-,16-/m0/s1. The molecule has 7 nitrogen and oxygen atoms in total. The third kappa shape index (κ3) is 4.17. The number of hydrogen-bond acceptors (Lipinski definition) is 6. The third-order valence-electron chi connectivity index (χ3n) is 4.61. The maximum Gasteiger partial charge on any atom is 0.407 e. The number of carbonyl (C=O) groups is 1. The zero-order valence-corrected chi connectivity index (χ0v) is 13.8. The first-order chi connectivity index (χ1) is 11.7. The lowest BCUT2D eigenvalue weighted by Crippen LogP contribution is -2.44. The van der Waals surface area contributed by atoms with Crippen LogP contribution in [0, 0.1) is 0 Å². The largest absolute Gasteiger partial charge is 0.497 e. The van der Waals surface area contributed by atoms with E-state index < -0.39 is 18.3 Å². The fraction of sp³-hybridized carbons (Fsp3) is 0.588. The van der Waals surface area contributed by atoms with E-state index in [1.165, 1.54) is 0 Å². The number of ether oxygens (including phenoxy) is 2. The topological polar surface area (TPSA) is 91.8 Å². The van der Waals surface area contributed by atoms with Crippen molar-refractivity contribution < 1.29 is 19.4 Å². The molecule has 1 aromatic carbocycles. The van der Waals surface area contributed by atoms with Gasteiger partial charge in [-0.15, -0.1) is 0 Å². The van der Waals surface area contributed by atoms with Gasteiger partial charge >= 0.3 is 6.09 Å². The van der Waals surface area contributed by atoms with Crippen molar-refractivity contribution >= 4 is 6.09 Å². The summed E-state index contributed by atoms with van der Waals surface area (Å²) in [4.78, 5) is 12.1. The minimum absolute atomic E-state index is 0.101. The van der Waals surface area contributed by atoms with Crippen LogP contribution in [0.5, 0.6) is 5.75 Å². The molecule has 3 rings (SSSR count). The van der Waals surface area contributed by atoms with Gasteiger partial charge < -0.3 is 30.5 Å². The minimum atomic E-state index is -0.694. The number of hydrogen-bond donors (Lipinski definition) is 4. The van der Waals surface area contributed by atoms with Gasteiger partial charge in [-0.2, -0.15) is 0 Å². The highest BCUT2D eigenvalue weighted by molar-refractivity contribution is 5.68. The summed E-state index contributed by atoms with van der Waals surface area (Å²) >= 11 is 0. The molecule has 0 bridgehead atoms. The summed E-state index contributed by atoms with van der Waals surface area (Å²) in [6.45, 7) is 2.08. The molecule has 24 heavy (non-hydrogen) atoms. The van der Waals surface area contributed by atoms with Gasteiger partial charge in [0.15, 0.2) is 0 Å². The molecule has 2 saturated heterocycles. The Morgan fingerprint density at radius 2 is 2.12 bits per heavy atom. The Hall–Kier alpha value is -1.83. The second-order valence-electron chi connectivity index (χ2n) is 6.34. The third-order valence-corrected chi connectivity index (χ3v) is 4.61. The summed E-state index contributed by atoms with van der Waals surface area (Å²) in [6, 6.07) is 7.75. The molecule has 0 saturated carbocycles. The molecule has 0 unspecified atom stereocenters. The van der Waals surface area contributed by atoms with Crippen LogP contribution in [-0.2, 0) is 11.2 Å². The van der Waals surface area contributed by atoms with Crippen molar-refractivity contribution in [2.75, 3.05) is 26.7 Å². The van der Waals surface area contributed by atoms with Crippen molar-refractivity contribution in [3.05, 3.63) is 29.8 Å². The van der Waals surface area contributed by atoms with E-state index in [-0.39, 0.29) is 12.1 Å². The van der Waals surface area contributed by atoms with Crippen molar-refractivity contribution in [3.63, 3.8) is 0 Å². The van der Waals surface area contributed by atoms with E-state index in [9.17, 15) is 9.90 Å². The Bertz CT molecular complexity index is 545. The van der Waals surface area contributed by atoms with Gasteiger partial charge in [0, 0.05) is 19.1 Å². The zero-order chi connectivity index (χ0) is 16.9. The lowest BCUT2D eigenvalue weighted by molar-refractivity contribution is 0.0179. The molecular weight excluding hydrogens is 310 g/mol. The first kappa shape index (κ1) is 17.0. The number of amides is 1. The van der Waals surface area contributed by atoms with Crippen LogP contribution in [0.1, 0.15) is 12.0 Å². The molecule has 0 aromatic heterocycles. The molecule has 2 fully saturated rings. The molecule has 2 aliphatic rings. The van der Waals surface area contributed by atoms with Gasteiger partial charge in [0.05, 0.1) is 13.2 Å². The monoisotopic (exact) mass is 335 g/mol. The van der Waals surface area contributed by atoms with Crippen LogP contribution in [0.15, 0.2) is 24.3 Å².